The van der Waals surface area contributed by atoms with Crippen LogP contribution >= 0.6 is 0 Å². The maximum absolute atomic E-state index is 13.2. The van der Waals surface area contributed by atoms with Gasteiger partial charge in [-0.25, -0.2) is 17.8 Å². The number of nitrogens with one attached hydrogen (secondary N) is 1. The van der Waals surface area contributed by atoms with E-state index in [4.69, 9.17) is 9.47 Å². The maximum Gasteiger partial charge on any atom is 0.244 e. The summed E-state index contributed by atoms with van der Waals surface area (Å²) in [5, 5.41) is 4.44. The fraction of sp³-hybridized carbons (Fsp3) is 0.286. The Balaban J connectivity index is 1.98. The molecule has 0 fully saturated rings. The van der Waals surface area contributed by atoms with Crippen molar-refractivity contribution < 1.29 is 17.9 Å². The molecule has 8 heteroatoms. The fourth-order valence-corrected chi connectivity index (χ4v) is 4.99. The molecule has 0 aliphatic carbocycles. The highest BCUT2D eigenvalue weighted by molar-refractivity contribution is 7.89. The van der Waals surface area contributed by atoms with Crippen LogP contribution in [0.15, 0.2) is 53.4 Å². The van der Waals surface area contributed by atoms with Gasteiger partial charge in [0.2, 0.25) is 10.0 Å². The second-order valence-electron chi connectivity index (χ2n) is 6.70. The molecule has 1 heterocycles. The monoisotopic (exact) mass is 415 g/mol. The van der Waals surface area contributed by atoms with Gasteiger partial charge in [0.05, 0.1) is 31.3 Å². The summed E-state index contributed by atoms with van der Waals surface area (Å²) >= 11 is 0. The van der Waals surface area contributed by atoms with Crippen molar-refractivity contribution in [1.82, 2.24) is 14.5 Å². The second-order valence-corrected chi connectivity index (χ2v) is 8.35. The van der Waals surface area contributed by atoms with Crippen molar-refractivity contribution in [2.45, 2.75) is 31.7 Å². The van der Waals surface area contributed by atoms with Crippen molar-refractivity contribution in [2.24, 2.45) is 0 Å². The van der Waals surface area contributed by atoms with E-state index in [0.717, 1.165) is 5.69 Å². The number of hydrogen-bond acceptors (Lipinski definition) is 5. The van der Waals surface area contributed by atoms with Crippen molar-refractivity contribution in [1.29, 1.82) is 0 Å². The average molecular weight is 416 g/mol. The van der Waals surface area contributed by atoms with Crippen LogP contribution in [0, 0.1) is 13.8 Å². The van der Waals surface area contributed by atoms with Gasteiger partial charge in [0.15, 0.2) is 0 Å². The molecule has 0 amide bonds. The number of nitrogens with zero attached hydrogens (tertiary/aromatic N) is 2. The molecule has 0 radical (unpaired) electrons. The predicted octanol–water partition coefficient (Wildman–Crippen LogP) is 3.55. The predicted molar refractivity (Wildman–Crippen MR) is 111 cm³/mol. The van der Waals surface area contributed by atoms with Gasteiger partial charge < -0.3 is 9.47 Å². The largest absolute Gasteiger partial charge is 0.497 e. The highest BCUT2D eigenvalue weighted by atomic mass is 32.2. The molecule has 0 bridgehead atoms. The van der Waals surface area contributed by atoms with Crippen LogP contribution in [-0.4, -0.2) is 32.4 Å². The van der Waals surface area contributed by atoms with Crippen LogP contribution in [0.3, 0.4) is 0 Å². The minimum Gasteiger partial charge on any atom is -0.497 e. The normalized spacial score (nSPS) is 12.6. The molecule has 1 atom stereocenters. The summed E-state index contributed by atoms with van der Waals surface area (Å²) in [6.45, 7) is 5.21. The van der Waals surface area contributed by atoms with E-state index >= 15 is 0 Å². The Morgan fingerprint density at radius 1 is 1.03 bits per heavy atom. The summed E-state index contributed by atoms with van der Waals surface area (Å²) in [7, 11) is -0.723. The topological polar surface area (TPSA) is 82.4 Å². The smallest absolute Gasteiger partial charge is 0.244 e. The molecule has 2 aromatic carbocycles. The number of aryl methyl sites for hydroxylation is 1. The van der Waals surface area contributed by atoms with Crippen molar-refractivity contribution in [3.05, 3.63) is 65.5 Å². The van der Waals surface area contributed by atoms with E-state index in [0.29, 0.717) is 28.5 Å². The lowest BCUT2D eigenvalue weighted by atomic mass is 10.1. The SMILES string of the molecule is COc1ccc(OC)c(C(C)NS(=O)(=O)c2c(C)nn(-c3ccccc3)c2C)c1. The molecule has 7 nitrogen and oxygen atoms in total. The highest BCUT2D eigenvalue weighted by Crippen LogP contribution is 2.31. The van der Waals surface area contributed by atoms with E-state index in [1.54, 1.807) is 57.9 Å². The Hall–Kier alpha value is -2.84. The van der Waals surface area contributed by atoms with Gasteiger partial charge in [-0.15, -0.1) is 0 Å². The Bertz CT molecular complexity index is 1110. The Morgan fingerprint density at radius 3 is 2.34 bits per heavy atom. The first-order valence-corrected chi connectivity index (χ1v) is 10.6. The first-order valence-electron chi connectivity index (χ1n) is 9.14. The van der Waals surface area contributed by atoms with Crippen molar-refractivity contribution in [2.75, 3.05) is 14.2 Å². The van der Waals surface area contributed by atoms with Gasteiger partial charge in [-0.05, 0) is 51.1 Å². The van der Waals surface area contributed by atoms with Crippen molar-refractivity contribution >= 4 is 10.0 Å². The molecule has 3 aromatic rings. The third-order valence-corrected chi connectivity index (χ3v) is 6.52. The molecule has 0 saturated heterocycles. The van der Waals surface area contributed by atoms with E-state index in [1.807, 2.05) is 30.3 Å². The van der Waals surface area contributed by atoms with Crippen LogP contribution in [0.4, 0.5) is 0 Å². The summed E-state index contributed by atoms with van der Waals surface area (Å²) < 4.78 is 41.5. The van der Waals surface area contributed by atoms with Crippen LogP contribution in [0.5, 0.6) is 11.5 Å². The van der Waals surface area contributed by atoms with E-state index in [1.165, 1.54) is 0 Å². The Kier molecular flexibility index (Phi) is 5.95. The zero-order chi connectivity index (χ0) is 21.2. The van der Waals surface area contributed by atoms with Gasteiger partial charge in [-0.1, -0.05) is 18.2 Å². The summed E-state index contributed by atoms with van der Waals surface area (Å²) in [4.78, 5) is 0.176. The number of ether oxygens (including phenoxy) is 2. The van der Waals surface area contributed by atoms with Gasteiger partial charge in [0.1, 0.15) is 16.4 Å². The minimum atomic E-state index is -3.83. The third-order valence-electron chi connectivity index (χ3n) is 4.73. The van der Waals surface area contributed by atoms with Crippen LogP contribution in [0.25, 0.3) is 5.69 Å². The Labute approximate surface area is 171 Å². The lowest BCUT2D eigenvalue weighted by Crippen LogP contribution is -2.28. The van der Waals surface area contributed by atoms with Crippen molar-refractivity contribution in [3.63, 3.8) is 0 Å². The summed E-state index contributed by atoms with van der Waals surface area (Å²) in [6, 6.07) is 14.2. The lowest BCUT2D eigenvalue weighted by molar-refractivity contribution is 0.395. The number of aromatic nitrogens is 2. The number of rotatable bonds is 7. The van der Waals surface area contributed by atoms with Crippen LogP contribution in [0.1, 0.15) is 29.9 Å². The van der Waals surface area contributed by atoms with Crippen LogP contribution in [-0.2, 0) is 10.0 Å². The third kappa shape index (κ3) is 4.13. The second kappa shape index (κ2) is 8.26. The molecule has 0 saturated carbocycles. The lowest BCUT2D eigenvalue weighted by Gasteiger charge is -2.18. The summed E-state index contributed by atoms with van der Waals surface area (Å²) in [5.74, 6) is 1.20. The van der Waals surface area contributed by atoms with Gasteiger partial charge in [-0.2, -0.15) is 5.10 Å². The van der Waals surface area contributed by atoms with Gasteiger partial charge in [0, 0.05) is 11.6 Å². The minimum absolute atomic E-state index is 0.176. The number of benzene rings is 2. The van der Waals surface area contributed by atoms with E-state index in [-0.39, 0.29) is 4.90 Å². The van der Waals surface area contributed by atoms with E-state index < -0.39 is 16.1 Å². The number of sulfonamides is 1. The molecule has 154 valence electrons. The standard InChI is InChI=1S/C21H25N3O4S/c1-14(19-13-18(27-4)11-12-20(19)28-5)23-29(25,26)21-15(2)22-24(16(21)3)17-9-7-6-8-10-17/h6-14,23H,1-5H3. The maximum atomic E-state index is 13.2. The van der Waals surface area contributed by atoms with E-state index in [2.05, 4.69) is 9.82 Å². The molecule has 0 aliphatic rings. The van der Waals surface area contributed by atoms with Crippen LogP contribution < -0.4 is 14.2 Å². The molecular formula is C21H25N3O4S. The quantitative estimate of drug-likeness (QED) is 0.638. The highest BCUT2D eigenvalue weighted by Gasteiger charge is 2.28. The molecule has 1 N–H and O–H groups in total. The van der Waals surface area contributed by atoms with Gasteiger partial charge >= 0.3 is 0 Å². The molecule has 3 rings (SSSR count). The molecule has 29 heavy (non-hydrogen) atoms. The molecule has 1 unspecified atom stereocenters. The van der Waals surface area contributed by atoms with Crippen molar-refractivity contribution in [3.8, 4) is 17.2 Å². The molecule has 0 spiro atoms. The van der Waals surface area contributed by atoms with E-state index in [9.17, 15) is 8.42 Å². The first kappa shape index (κ1) is 20.9. The number of para-hydroxylation sites is 1. The Morgan fingerprint density at radius 2 is 1.72 bits per heavy atom. The first-order chi connectivity index (χ1) is 13.8. The number of hydrogen-bond donors (Lipinski definition) is 1. The molecule has 0 aliphatic heterocycles. The average Bonchev–Trinajstić information content (AvgIpc) is 3.02. The number of methoxy groups -OCH3 is 2. The van der Waals surface area contributed by atoms with Gasteiger partial charge in [0.25, 0.3) is 0 Å². The zero-order valence-electron chi connectivity index (χ0n) is 17.1. The molecular weight excluding hydrogens is 390 g/mol. The molecule has 1 aromatic heterocycles. The summed E-state index contributed by atoms with van der Waals surface area (Å²) in [6.07, 6.45) is 0. The van der Waals surface area contributed by atoms with Gasteiger partial charge in [-0.3, -0.25) is 0 Å². The summed E-state index contributed by atoms with van der Waals surface area (Å²) in [5.41, 5.74) is 2.47. The zero-order valence-corrected chi connectivity index (χ0v) is 17.9. The fourth-order valence-electron chi connectivity index (χ4n) is 3.37. The van der Waals surface area contributed by atoms with Crippen LogP contribution in [0.2, 0.25) is 0 Å².